The highest BCUT2D eigenvalue weighted by atomic mass is 127. The molecule has 1 rings (SSSR count). The molecule has 0 aromatic heterocycles. The van der Waals surface area contributed by atoms with Crippen LogP contribution in [-0.2, 0) is 4.74 Å². The van der Waals surface area contributed by atoms with Crippen molar-refractivity contribution in [2.24, 2.45) is 16.8 Å². The largest absolute Gasteiger partial charge is 0.444 e. The molecule has 1 aliphatic heterocycles. The lowest BCUT2D eigenvalue weighted by atomic mass is 9.86. The lowest BCUT2D eigenvalue weighted by molar-refractivity contribution is 0.0230. The molecule has 0 bridgehead atoms. The number of amides is 1. The molecule has 1 aliphatic rings. The van der Waals surface area contributed by atoms with E-state index in [1.807, 2.05) is 51.8 Å². The number of halogens is 2. The van der Waals surface area contributed by atoms with Gasteiger partial charge in [-0.15, -0.1) is 0 Å². The fourth-order valence-electron chi connectivity index (χ4n) is 4.41. The number of allylic oxidation sites excluding steroid dienone is 12. The molecule has 6 heteroatoms. The second-order valence-electron chi connectivity index (χ2n) is 11.0. The van der Waals surface area contributed by atoms with Gasteiger partial charge in [0.25, 0.3) is 0 Å². The molecule has 4 nitrogen and oxygen atoms in total. The smallest absolute Gasteiger partial charge is 0.410 e. The topological polar surface area (TPSA) is 41.9 Å². The lowest BCUT2D eigenvalue weighted by Gasteiger charge is -2.31. The first-order chi connectivity index (χ1) is 18.1. The number of hydrogen-bond acceptors (Lipinski definition) is 3. The lowest BCUT2D eigenvalue weighted by Crippen LogP contribution is -2.40. The van der Waals surface area contributed by atoms with Crippen molar-refractivity contribution < 1.29 is 9.53 Å². The minimum atomic E-state index is -0.514. The average molecular weight is 665 g/mol. The van der Waals surface area contributed by atoms with Crippen molar-refractivity contribution in [2.75, 3.05) is 20.1 Å². The monoisotopic (exact) mass is 664 g/mol. The zero-order chi connectivity index (χ0) is 29.9. The molecule has 0 aliphatic carbocycles. The number of nitrogens with zero attached hydrogens (tertiary/aromatic N) is 2. The van der Waals surface area contributed by atoms with Crippen molar-refractivity contribution >= 4 is 46.0 Å². The molecule has 0 aromatic carbocycles. The van der Waals surface area contributed by atoms with Crippen LogP contribution in [0, 0.1) is 11.8 Å². The number of aliphatic imine (C=N–C) groups is 1. The van der Waals surface area contributed by atoms with E-state index in [0.717, 1.165) is 44.4 Å². The zero-order valence-corrected chi connectivity index (χ0v) is 27.9. The Morgan fingerprint density at radius 1 is 1.31 bits per heavy atom. The number of rotatable bonds is 9. The van der Waals surface area contributed by atoms with Crippen molar-refractivity contribution in [3.05, 3.63) is 92.7 Å². The summed E-state index contributed by atoms with van der Waals surface area (Å²) in [6, 6.07) is 0. The second kappa shape index (κ2) is 16.2. The fraction of sp³-hybridized carbons (Fsp3) is 0.455. The molecular weight excluding hydrogens is 619 g/mol. The van der Waals surface area contributed by atoms with Gasteiger partial charge >= 0.3 is 6.09 Å². The summed E-state index contributed by atoms with van der Waals surface area (Å²) in [6.07, 6.45) is 13.1. The van der Waals surface area contributed by atoms with Crippen LogP contribution in [0.15, 0.2) is 97.7 Å². The van der Waals surface area contributed by atoms with Gasteiger partial charge in [-0.1, -0.05) is 75.1 Å². The third-order valence-electron chi connectivity index (χ3n) is 6.19. The van der Waals surface area contributed by atoms with E-state index in [9.17, 15) is 4.79 Å². The van der Waals surface area contributed by atoms with Crippen LogP contribution in [0.5, 0.6) is 0 Å². The number of hydrogen-bond donors (Lipinski definition) is 0. The summed E-state index contributed by atoms with van der Waals surface area (Å²) in [6.45, 7) is 27.4. The van der Waals surface area contributed by atoms with Crippen molar-refractivity contribution in [1.29, 1.82) is 0 Å². The van der Waals surface area contributed by atoms with Gasteiger partial charge in [0.2, 0.25) is 0 Å². The van der Waals surface area contributed by atoms with E-state index in [2.05, 4.69) is 80.2 Å². The van der Waals surface area contributed by atoms with E-state index >= 15 is 0 Å². The molecule has 0 radical (unpaired) electrons. The standard InChI is InChI=1S/C33H46ClIN2O2/c1-12-15-28(34)20-26(13-2)24(6)19-29(35)31(25(7)36-11)30(22(3)4)27-16-14-17-37(21-23(5)18-27)32(38)39-33(8,9)10/h12-13,15,18-20,23-24H,1-3,14,16-17,21H2,4-11H3/b26-20+,27-18-,28-15+,29-19+,31-30-,36-25-/t23-,24?/m1/s1. The van der Waals surface area contributed by atoms with E-state index in [1.165, 1.54) is 5.57 Å². The summed E-state index contributed by atoms with van der Waals surface area (Å²) in [4.78, 5) is 19.2. The second-order valence-corrected chi connectivity index (χ2v) is 12.6. The van der Waals surface area contributed by atoms with Crippen molar-refractivity contribution in [2.45, 2.75) is 66.9 Å². The van der Waals surface area contributed by atoms with Gasteiger partial charge in [-0.05, 0) is 105 Å². The summed E-state index contributed by atoms with van der Waals surface area (Å²) in [7, 11) is 1.82. The number of ether oxygens (including phenoxy) is 1. The van der Waals surface area contributed by atoms with Crippen molar-refractivity contribution in [3.8, 4) is 0 Å². The van der Waals surface area contributed by atoms with Gasteiger partial charge in [0.15, 0.2) is 0 Å². The zero-order valence-electron chi connectivity index (χ0n) is 25.0. The minimum absolute atomic E-state index is 0.0695. The number of carbonyl (C=O) groups excluding carboxylic acids is 1. The fourth-order valence-corrected chi connectivity index (χ4v) is 5.82. The first kappa shape index (κ1) is 34.9. The van der Waals surface area contributed by atoms with Crippen LogP contribution >= 0.6 is 34.2 Å². The van der Waals surface area contributed by atoms with Crippen LogP contribution in [0.4, 0.5) is 4.79 Å². The first-order valence-corrected chi connectivity index (χ1v) is 14.8. The Balaban J connectivity index is 3.60. The molecule has 0 saturated heterocycles. The maximum Gasteiger partial charge on any atom is 0.410 e. The van der Waals surface area contributed by atoms with Crippen molar-refractivity contribution in [1.82, 2.24) is 4.90 Å². The Labute approximate surface area is 255 Å². The SMILES string of the molecule is C=C/C=C(Cl)\C=C(/C=C)C(C)\C=C(I)/C(C(/C)=N\C)=C(C(=C)C)\C1=C/[C@@H](C)CN(C(=O)OC(C)(C)C)CCC1. The molecule has 39 heavy (non-hydrogen) atoms. The first-order valence-electron chi connectivity index (χ1n) is 13.4. The Bertz CT molecular complexity index is 1130. The van der Waals surface area contributed by atoms with Crippen LogP contribution in [0.25, 0.3) is 0 Å². The highest BCUT2D eigenvalue weighted by Crippen LogP contribution is 2.36. The highest BCUT2D eigenvalue weighted by Gasteiger charge is 2.26. The summed E-state index contributed by atoms with van der Waals surface area (Å²) in [5.74, 6) is 0.219. The Morgan fingerprint density at radius 2 is 1.95 bits per heavy atom. The van der Waals surface area contributed by atoms with Gasteiger partial charge in [-0.2, -0.15) is 0 Å². The quantitative estimate of drug-likeness (QED) is 0.140. The minimum Gasteiger partial charge on any atom is -0.444 e. The van der Waals surface area contributed by atoms with Gasteiger partial charge < -0.3 is 9.64 Å². The molecule has 0 saturated carbocycles. The van der Waals surface area contributed by atoms with Crippen LogP contribution < -0.4 is 0 Å². The third-order valence-corrected chi connectivity index (χ3v) is 7.33. The third kappa shape index (κ3) is 11.5. The van der Waals surface area contributed by atoms with E-state index in [0.29, 0.717) is 18.1 Å². The Morgan fingerprint density at radius 3 is 2.46 bits per heavy atom. The van der Waals surface area contributed by atoms with Crippen LogP contribution in [-0.4, -0.2) is 42.4 Å². The maximum atomic E-state index is 12.8. The summed E-state index contributed by atoms with van der Waals surface area (Å²) in [5, 5.41) is 0.605. The molecule has 1 heterocycles. The van der Waals surface area contributed by atoms with Gasteiger partial charge in [0.1, 0.15) is 5.60 Å². The van der Waals surface area contributed by atoms with Gasteiger partial charge in [-0.3, -0.25) is 4.99 Å². The van der Waals surface area contributed by atoms with Gasteiger partial charge in [-0.25, -0.2) is 4.79 Å². The molecule has 1 unspecified atom stereocenters. The van der Waals surface area contributed by atoms with Crippen molar-refractivity contribution in [3.63, 3.8) is 0 Å². The van der Waals surface area contributed by atoms with Gasteiger partial charge in [0, 0.05) is 46.0 Å². The highest BCUT2D eigenvalue weighted by molar-refractivity contribution is 14.1. The summed E-state index contributed by atoms with van der Waals surface area (Å²) in [5.41, 5.74) is 5.87. The van der Waals surface area contributed by atoms with E-state index in [4.69, 9.17) is 16.3 Å². The Hall–Kier alpha value is -2.12. The normalized spacial score (nSPS) is 21.1. The molecule has 1 amide bonds. The molecular formula is C33H46ClIN2O2. The predicted molar refractivity (Wildman–Crippen MR) is 179 cm³/mol. The van der Waals surface area contributed by atoms with Crippen LogP contribution in [0.3, 0.4) is 0 Å². The van der Waals surface area contributed by atoms with E-state index in [1.54, 1.807) is 12.2 Å². The molecule has 0 aromatic rings. The average Bonchev–Trinajstić information content (AvgIpc) is 2.81. The molecule has 214 valence electrons. The molecule has 0 spiro atoms. The summed E-state index contributed by atoms with van der Waals surface area (Å²) >= 11 is 8.74. The Kier molecular flexibility index (Phi) is 14.5. The number of carbonyl (C=O) groups is 1. The van der Waals surface area contributed by atoms with Crippen LogP contribution in [0.2, 0.25) is 0 Å². The van der Waals surface area contributed by atoms with E-state index < -0.39 is 5.60 Å². The predicted octanol–water partition coefficient (Wildman–Crippen LogP) is 9.92. The van der Waals surface area contributed by atoms with Gasteiger partial charge in [0.05, 0.1) is 0 Å². The maximum absolute atomic E-state index is 12.8. The van der Waals surface area contributed by atoms with E-state index in [-0.39, 0.29) is 17.9 Å². The van der Waals surface area contributed by atoms with Crippen LogP contribution in [0.1, 0.15) is 61.3 Å². The summed E-state index contributed by atoms with van der Waals surface area (Å²) < 4.78 is 6.73. The molecule has 2 atom stereocenters. The molecule has 0 fully saturated rings. The molecule has 0 N–H and O–H groups in total.